The predicted molar refractivity (Wildman–Crippen MR) is 67.0 cm³/mol. The number of nitrogens with two attached hydrogens (primary N) is 1. The van der Waals surface area contributed by atoms with Gasteiger partial charge >= 0.3 is 0 Å². The lowest BCUT2D eigenvalue weighted by Crippen LogP contribution is -2.40. The van der Waals surface area contributed by atoms with Gasteiger partial charge in [0.1, 0.15) is 0 Å². The first-order valence-electron chi connectivity index (χ1n) is 6.42. The van der Waals surface area contributed by atoms with Crippen molar-refractivity contribution in [2.75, 3.05) is 6.54 Å². The van der Waals surface area contributed by atoms with Gasteiger partial charge in [0.05, 0.1) is 0 Å². The molecule has 3 N–H and O–H groups in total. The van der Waals surface area contributed by atoms with Crippen molar-refractivity contribution in [1.29, 1.82) is 0 Å². The van der Waals surface area contributed by atoms with Gasteiger partial charge in [-0.15, -0.1) is 0 Å². The maximum absolute atomic E-state index is 11.8. The SMILES string of the molecule is CC(C)(C)CCC(=O)NC1CCCC1CN. The van der Waals surface area contributed by atoms with Crippen molar-refractivity contribution in [1.82, 2.24) is 5.32 Å². The summed E-state index contributed by atoms with van der Waals surface area (Å²) < 4.78 is 0. The van der Waals surface area contributed by atoms with E-state index in [4.69, 9.17) is 5.73 Å². The second-order valence-electron chi connectivity index (χ2n) is 6.16. The van der Waals surface area contributed by atoms with Crippen LogP contribution in [0.2, 0.25) is 0 Å². The zero-order chi connectivity index (χ0) is 12.2. The number of nitrogens with one attached hydrogen (secondary N) is 1. The molecule has 2 unspecified atom stereocenters. The van der Waals surface area contributed by atoms with E-state index in [0.29, 0.717) is 24.9 Å². The van der Waals surface area contributed by atoms with Gasteiger partial charge < -0.3 is 11.1 Å². The van der Waals surface area contributed by atoms with Crippen molar-refractivity contribution in [3.8, 4) is 0 Å². The Morgan fingerprint density at radius 3 is 2.62 bits per heavy atom. The lowest BCUT2D eigenvalue weighted by atomic mass is 9.90. The van der Waals surface area contributed by atoms with Gasteiger partial charge in [-0.25, -0.2) is 0 Å². The highest BCUT2D eigenvalue weighted by Crippen LogP contribution is 2.25. The molecule has 1 aliphatic rings. The molecular weight excluding hydrogens is 200 g/mol. The molecular formula is C13H26N2O. The van der Waals surface area contributed by atoms with Crippen LogP contribution in [0.5, 0.6) is 0 Å². The summed E-state index contributed by atoms with van der Waals surface area (Å²) in [6, 6.07) is 0.331. The van der Waals surface area contributed by atoms with Gasteiger partial charge in [-0.1, -0.05) is 27.2 Å². The first-order chi connectivity index (χ1) is 7.42. The molecule has 1 rings (SSSR count). The Hall–Kier alpha value is -0.570. The first-order valence-corrected chi connectivity index (χ1v) is 6.42. The molecule has 0 aromatic rings. The molecule has 3 nitrogen and oxygen atoms in total. The minimum atomic E-state index is 0.195. The smallest absolute Gasteiger partial charge is 0.220 e. The largest absolute Gasteiger partial charge is 0.353 e. The summed E-state index contributed by atoms with van der Waals surface area (Å²) in [5.41, 5.74) is 5.93. The molecule has 1 saturated carbocycles. The number of amides is 1. The van der Waals surface area contributed by atoms with Crippen LogP contribution in [0.3, 0.4) is 0 Å². The standard InChI is InChI=1S/C13H26N2O/c1-13(2,3)8-7-12(16)15-11-6-4-5-10(11)9-14/h10-11H,4-9,14H2,1-3H3,(H,15,16). The van der Waals surface area contributed by atoms with Crippen molar-refractivity contribution < 1.29 is 4.79 Å². The van der Waals surface area contributed by atoms with E-state index in [1.165, 1.54) is 12.8 Å². The molecule has 0 aliphatic heterocycles. The Kier molecular flexibility index (Phi) is 4.78. The van der Waals surface area contributed by atoms with E-state index in [9.17, 15) is 4.79 Å². The predicted octanol–water partition coefficient (Wildman–Crippen LogP) is 2.06. The third-order valence-corrected chi connectivity index (χ3v) is 3.41. The van der Waals surface area contributed by atoms with Gasteiger partial charge in [-0.3, -0.25) is 4.79 Å². The van der Waals surface area contributed by atoms with E-state index < -0.39 is 0 Å². The summed E-state index contributed by atoms with van der Waals surface area (Å²) in [6.07, 6.45) is 5.05. The molecule has 1 aliphatic carbocycles. The van der Waals surface area contributed by atoms with E-state index in [2.05, 4.69) is 26.1 Å². The third-order valence-electron chi connectivity index (χ3n) is 3.41. The van der Waals surface area contributed by atoms with Crippen LogP contribution >= 0.6 is 0 Å². The van der Waals surface area contributed by atoms with Gasteiger partial charge in [0.25, 0.3) is 0 Å². The highest BCUT2D eigenvalue weighted by Gasteiger charge is 2.27. The molecule has 1 fully saturated rings. The summed E-state index contributed by atoms with van der Waals surface area (Å²) in [4.78, 5) is 11.8. The molecule has 16 heavy (non-hydrogen) atoms. The summed E-state index contributed by atoms with van der Waals surface area (Å²) in [5.74, 6) is 0.693. The van der Waals surface area contributed by atoms with Gasteiger partial charge in [0.2, 0.25) is 5.91 Å². The normalized spacial score (nSPS) is 25.8. The van der Waals surface area contributed by atoms with E-state index in [0.717, 1.165) is 12.8 Å². The minimum absolute atomic E-state index is 0.195. The summed E-state index contributed by atoms with van der Waals surface area (Å²) >= 11 is 0. The topological polar surface area (TPSA) is 55.1 Å². The van der Waals surface area contributed by atoms with E-state index in [1.807, 2.05) is 0 Å². The lowest BCUT2D eigenvalue weighted by molar-refractivity contribution is -0.122. The van der Waals surface area contributed by atoms with E-state index >= 15 is 0 Å². The van der Waals surface area contributed by atoms with Crippen LogP contribution in [-0.4, -0.2) is 18.5 Å². The number of carbonyl (C=O) groups excluding carboxylic acids is 1. The fraction of sp³-hybridized carbons (Fsp3) is 0.923. The molecule has 0 heterocycles. The maximum atomic E-state index is 11.8. The van der Waals surface area contributed by atoms with Gasteiger partial charge in [0.15, 0.2) is 0 Å². The number of rotatable bonds is 4. The molecule has 0 aromatic heterocycles. The average molecular weight is 226 g/mol. The highest BCUT2D eigenvalue weighted by molar-refractivity contribution is 5.76. The van der Waals surface area contributed by atoms with Crippen LogP contribution in [0.4, 0.5) is 0 Å². The highest BCUT2D eigenvalue weighted by atomic mass is 16.1. The van der Waals surface area contributed by atoms with Gasteiger partial charge in [-0.05, 0) is 37.1 Å². The van der Waals surface area contributed by atoms with Crippen molar-refractivity contribution in [2.24, 2.45) is 17.1 Å². The Balaban J connectivity index is 2.28. The van der Waals surface area contributed by atoms with Gasteiger partial charge in [-0.2, -0.15) is 0 Å². The van der Waals surface area contributed by atoms with Crippen molar-refractivity contribution in [3.63, 3.8) is 0 Å². The molecule has 0 saturated heterocycles. The summed E-state index contributed by atoms with van der Waals surface area (Å²) in [6.45, 7) is 7.19. The quantitative estimate of drug-likeness (QED) is 0.771. The first kappa shape index (κ1) is 13.5. The fourth-order valence-electron chi connectivity index (χ4n) is 2.28. The Morgan fingerprint density at radius 1 is 1.38 bits per heavy atom. The van der Waals surface area contributed by atoms with Crippen molar-refractivity contribution in [2.45, 2.75) is 58.9 Å². The minimum Gasteiger partial charge on any atom is -0.353 e. The number of hydrogen-bond acceptors (Lipinski definition) is 2. The molecule has 0 spiro atoms. The molecule has 2 atom stereocenters. The molecule has 94 valence electrons. The fourth-order valence-corrected chi connectivity index (χ4v) is 2.28. The Morgan fingerprint density at radius 2 is 2.06 bits per heavy atom. The second-order valence-corrected chi connectivity index (χ2v) is 6.16. The monoisotopic (exact) mass is 226 g/mol. The zero-order valence-corrected chi connectivity index (χ0v) is 10.9. The second kappa shape index (κ2) is 5.67. The molecule has 0 radical (unpaired) electrons. The lowest BCUT2D eigenvalue weighted by Gasteiger charge is -2.21. The number of carbonyl (C=O) groups is 1. The van der Waals surface area contributed by atoms with Gasteiger partial charge in [0, 0.05) is 12.5 Å². The van der Waals surface area contributed by atoms with E-state index in [-0.39, 0.29) is 11.3 Å². The number of hydrogen-bond donors (Lipinski definition) is 2. The maximum Gasteiger partial charge on any atom is 0.220 e. The molecule has 0 aromatic carbocycles. The zero-order valence-electron chi connectivity index (χ0n) is 10.9. The van der Waals surface area contributed by atoms with Crippen LogP contribution in [0.1, 0.15) is 52.9 Å². The Bertz CT molecular complexity index is 233. The van der Waals surface area contributed by atoms with Crippen LogP contribution in [-0.2, 0) is 4.79 Å². The summed E-state index contributed by atoms with van der Waals surface area (Å²) in [7, 11) is 0. The van der Waals surface area contributed by atoms with Crippen LogP contribution in [0, 0.1) is 11.3 Å². The molecule has 0 bridgehead atoms. The van der Waals surface area contributed by atoms with Crippen molar-refractivity contribution >= 4 is 5.91 Å². The van der Waals surface area contributed by atoms with Crippen LogP contribution in [0.25, 0.3) is 0 Å². The van der Waals surface area contributed by atoms with E-state index in [1.54, 1.807) is 0 Å². The molecule has 1 amide bonds. The van der Waals surface area contributed by atoms with Crippen LogP contribution in [0.15, 0.2) is 0 Å². The summed E-state index contributed by atoms with van der Waals surface area (Å²) in [5, 5.41) is 3.13. The van der Waals surface area contributed by atoms with Crippen LogP contribution < -0.4 is 11.1 Å². The Labute approximate surface area is 99.2 Å². The average Bonchev–Trinajstić information content (AvgIpc) is 2.61. The molecule has 3 heteroatoms. The third kappa shape index (κ3) is 4.52. The van der Waals surface area contributed by atoms with Crippen molar-refractivity contribution in [3.05, 3.63) is 0 Å².